The van der Waals surface area contributed by atoms with E-state index >= 15 is 0 Å². The Morgan fingerprint density at radius 2 is 1.75 bits per heavy atom. The summed E-state index contributed by atoms with van der Waals surface area (Å²) in [7, 11) is 0. The summed E-state index contributed by atoms with van der Waals surface area (Å²) in [6.07, 6.45) is 12.8. The second-order valence-corrected chi connectivity index (χ2v) is 10.6. The molecule has 1 saturated heterocycles. The molecule has 2 aromatic carbocycles. The lowest BCUT2D eigenvalue weighted by Crippen LogP contribution is -2.52. The van der Waals surface area contributed by atoms with Gasteiger partial charge in [0.1, 0.15) is 6.04 Å². The fraction of sp³-hybridized carbons (Fsp3) is 0.355. The zero-order chi connectivity index (χ0) is 27.5. The van der Waals surface area contributed by atoms with E-state index in [1.165, 1.54) is 0 Å². The van der Waals surface area contributed by atoms with Crippen LogP contribution >= 0.6 is 0 Å². The van der Waals surface area contributed by atoms with Gasteiger partial charge in [-0.3, -0.25) is 29.4 Å². The third kappa shape index (κ3) is 5.50. The van der Waals surface area contributed by atoms with Gasteiger partial charge in [-0.15, -0.1) is 0 Å². The van der Waals surface area contributed by atoms with Crippen LogP contribution in [0.1, 0.15) is 66.4 Å². The highest BCUT2D eigenvalue weighted by atomic mass is 16.2. The summed E-state index contributed by atoms with van der Waals surface area (Å²) in [6.45, 7) is 1.30. The molecule has 4 heterocycles. The van der Waals surface area contributed by atoms with Crippen LogP contribution < -0.4 is 5.32 Å². The van der Waals surface area contributed by atoms with Crippen molar-refractivity contribution in [2.24, 2.45) is 0 Å². The normalized spacial score (nSPS) is 16.9. The molecule has 0 radical (unpaired) electrons. The van der Waals surface area contributed by atoms with E-state index in [2.05, 4.69) is 21.5 Å². The van der Waals surface area contributed by atoms with Crippen molar-refractivity contribution >= 4 is 28.8 Å². The quantitative estimate of drug-likeness (QED) is 0.237. The molecule has 0 spiro atoms. The van der Waals surface area contributed by atoms with Crippen molar-refractivity contribution in [2.75, 3.05) is 0 Å². The van der Waals surface area contributed by atoms with E-state index in [-0.39, 0.29) is 24.1 Å². The van der Waals surface area contributed by atoms with Crippen molar-refractivity contribution in [3.8, 4) is 11.3 Å². The number of imide groups is 1. The van der Waals surface area contributed by atoms with Gasteiger partial charge in [0.2, 0.25) is 11.8 Å². The predicted molar refractivity (Wildman–Crippen MR) is 150 cm³/mol. The van der Waals surface area contributed by atoms with Crippen LogP contribution in [-0.4, -0.2) is 48.4 Å². The van der Waals surface area contributed by atoms with Gasteiger partial charge in [-0.2, -0.15) is 5.10 Å². The van der Waals surface area contributed by atoms with Crippen molar-refractivity contribution < 1.29 is 14.4 Å². The number of para-hydroxylation sites is 2. The minimum Gasteiger partial charge on any atom is -0.322 e. The van der Waals surface area contributed by atoms with E-state index in [9.17, 15) is 14.4 Å². The summed E-state index contributed by atoms with van der Waals surface area (Å²) in [4.78, 5) is 47.5. The van der Waals surface area contributed by atoms with E-state index < -0.39 is 6.04 Å². The highest BCUT2D eigenvalue weighted by Gasteiger charge is 2.39. The van der Waals surface area contributed by atoms with Crippen LogP contribution in [0.15, 0.2) is 61.1 Å². The van der Waals surface area contributed by atoms with Gasteiger partial charge in [-0.1, -0.05) is 43.5 Å². The highest BCUT2D eigenvalue weighted by molar-refractivity contribution is 6.05. The van der Waals surface area contributed by atoms with Gasteiger partial charge in [-0.25, -0.2) is 4.98 Å². The molecule has 1 fully saturated rings. The Bertz CT molecular complexity index is 1580. The number of amides is 3. The van der Waals surface area contributed by atoms with E-state index in [1.807, 2.05) is 53.5 Å². The molecule has 4 aromatic rings. The Balaban J connectivity index is 0.925. The first-order valence-corrected chi connectivity index (χ1v) is 14.1. The Morgan fingerprint density at radius 3 is 2.62 bits per heavy atom. The number of nitrogens with one attached hydrogen (secondary N) is 1. The van der Waals surface area contributed by atoms with Crippen molar-refractivity contribution in [2.45, 2.75) is 70.5 Å². The molecule has 40 heavy (non-hydrogen) atoms. The summed E-state index contributed by atoms with van der Waals surface area (Å²) in [5.41, 5.74) is 6.38. The lowest BCUT2D eigenvalue weighted by molar-refractivity contribution is -0.136. The van der Waals surface area contributed by atoms with Gasteiger partial charge in [0.25, 0.3) is 5.91 Å². The minimum absolute atomic E-state index is 0.110. The van der Waals surface area contributed by atoms with E-state index in [1.54, 1.807) is 11.1 Å². The molecule has 6 rings (SSSR count). The fourth-order valence-corrected chi connectivity index (χ4v) is 5.61. The number of hydrogen-bond donors (Lipinski definition) is 1. The smallest absolute Gasteiger partial charge is 0.255 e. The SMILES string of the molecule is O=C1CCC(N2Cc3ccc(CCCCCCCn4cc(-c5cnc6ccccc6n5)cn4)cc3C2=O)C(=O)N1. The van der Waals surface area contributed by atoms with Gasteiger partial charge in [-0.05, 0) is 55.0 Å². The van der Waals surface area contributed by atoms with Gasteiger partial charge in [0.05, 0.1) is 29.1 Å². The molecule has 9 heteroatoms. The summed E-state index contributed by atoms with van der Waals surface area (Å²) in [5.74, 6) is -0.749. The third-order valence-electron chi connectivity index (χ3n) is 7.82. The van der Waals surface area contributed by atoms with Gasteiger partial charge < -0.3 is 4.90 Å². The molecule has 2 aromatic heterocycles. The zero-order valence-corrected chi connectivity index (χ0v) is 22.4. The summed E-state index contributed by atoms with van der Waals surface area (Å²) in [5, 5.41) is 6.86. The van der Waals surface area contributed by atoms with Crippen molar-refractivity contribution in [1.29, 1.82) is 0 Å². The van der Waals surface area contributed by atoms with Crippen LogP contribution in [0.4, 0.5) is 0 Å². The van der Waals surface area contributed by atoms with Crippen LogP contribution in [-0.2, 0) is 29.1 Å². The van der Waals surface area contributed by atoms with Crippen LogP contribution in [0, 0.1) is 0 Å². The number of carbonyl (C=O) groups is 3. The number of benzene rings is 2. The predicted octanol–water partition coefficient (Wildman–Crippen LogP) is 4.45. The molecule has 0 saturated carbocycles. The molecular weight excluding hydrogens is 504 g/mol. The van der Waals surface area contributed by atoms with Gasteiger partial charge in [0, 0.05) is 36.8 Å². The van der Waals surface area contributed by atoms with Crippen LogP contribution in [0.5, 0.6) is 0 Å². The molecule has 0 aliphatic carbocycles. The first kappa shape index (κ1) is 25.9. The standard InChI is InChI=1S/C31H32N6O3/c38-29-14-13-28(30(39)35-29)37-20-22-12-11-21(16-24(22)31(37)40)8-4-2-1-3-7-15-36-19-23(17-33-36)27-18-32-25-9-5-6-10-26(25)34-27/h5-6,9-12,16-19,28H,1-4,7-8,13-15,20H2,(H,35,38,39). The average Bonchev–Trinajstić information content (AvgIpc) is 3.57. The number of aromatic nitrogens is 4. The maximum absolute atomic E-state index is 13.0. The molecule has 204 valence electrons. The second-order valence-electron chi connectivity index (χ2n) is 10.6. The monoisotopic (exact) mass is 536 g/mol. The van der Waals surface area contributed by atoms with Crippen LogP contribution in [0.25, 0.3) is 22.3 Å². The van der Waals surface area contributed by atoms with Crippen molar-refractivity contribution in [1.82, 2.24) is 30.0 Å². The first-order chi connectivity index (χ1) is 19.5. The minimum atomic E-state index is -0.568. The lowest BCUT2D eigenvalue weighted by atomic mass is 10.0. The van der Waals surface area contributed by atoms with Crippen LogP contribution in [0.3, 0.4) is 0 Å². The Kier molecular flexibility index (Phi) is 7.35. The van der Waals surface area contributed by atoms with E-state index in [0.29, 0.717) is 18.5 Å². The number of piperidine rings is 1. The average molecular weight is 537 g/mol. The maximum atomic E-state index is 13.0. The molecular formula is C31H32N6O3. The van der Waals surface area contributed by atoms with Crippen molar-refractivity contribution in [3.05, 3.63) is 77.7 Å². The first-order valence-electron chi connectivity index (χ1n) is 14.1. The Morgan fingerprint density at radius 1 is 0.925 bits per heavy atom. The highest BCUT2D eigenvalue weighted by Crippen LogP contribution is 2.28. The fourth-order valence-electron chi connectivity index (χ4n) is 5.61. The molecule has 2 aliphatic heterocycles. The number of aryl methyl sites for hydroxylation is 2. The molecule has 0 bridgehead atoms. The third-order valence-corrected chi connectivity index (χ3v) is 7.82. The number of fused-ring (bicyclic) bond motifs is 2. The lowest BCUT2D eigenvalue weighted by Gasteiger charge is -2.29. The number of nitrogens with zero attached hydrogens (tertiary/aromatic N) is 5. The van der Waals surface area contributed by atoms with Gasteiger partial charge >= 0.3 is 0 Å². The molecule has 1 atom stereocenters. The number of hydrogen-bond acceptors (Lipinski definition) is 6. The second kappa shape index (κ2) is 11.4. The number of rotatable bonds is 10. The summed E-state index contributed by atoms with van der Waals surface area (Å²) >= 11 is 0. The molecule has 1 N–H and O–H groups in total. The largest absolute Gasteiger partial charge is 0.322 e. The molecule has 9 nitrogen and oxygen atoms in total. The number of unbranched alkanes of at least 4 members (excludes halogenated alkanes) is 4. The molecule has 2 aliphatic rings. The van der Waals surface area contributed by atoms with Crippen LogP contribution in [0.2, 0.25) is 0 Å². The zero-order valence-electron chi connectivity index (χ0n) is 22.4. The van der Waals surface area contributed by atoms with E-state index in [4.69, 9.17) is 4.98 Å². The summed E-state index contributed by atoms with van der Waals surface area (Å²) in [6, 6.07) is 13.4. The van der Waals surface area contributed by atoms with E-state index in [0.717, 1.165) is 78.5 Å². The molecule has 1 unspecified atom stereocenters. The number of carbonyl (C=O) groups excluding carboxylic acids is 3. The van der Waals surface area contributed by atoms with Crippen molar-refractivity contribution in [3.63, 3.8) is 0 Å². The Labute approximate surface area is 232 Å². The van der Waals surface area contributed by atoms with Gasteiger partial charge in [0.15, 0.2) is 0 Å². The Hall–Kier alpha value is -4.40. The summed E-state index contributed by atoms with van der Waals surface area (Å²) < 4.78 is 1.98. The maximum Gasteiger partial charge on any atom is 0.255 e. The molecule has 3 amide bonds. The topological polar surface area (TPSA) is 110 Å².